The molecule has 0 bridgehead atoms. The molecular formula is C25H28BrN5O4. The molecule has 6 rings (SSSR count). The first-order valence-corrected chi connectivity index (χ1v) is 12.7. The van der Waals surface area contributed by atoms with Gasteiger partial charge in [-0.15, -0.1) is 0 Å². The number of fused-ring (bicyclic) bond motifs is 2. The molecule has 2 N–H and O–H groups in total. The van der Waals surface area contributed by atoms with Gasteiger partial charge in [-0.1, -0.05) is 0 Å². The van der Waals surface area contributed by atoms with Crippen LogP contribution >= 0.6 is 15.9 Å². The predicted molar refractivity (Wildman–Crippen MR) is 133 cm³/mol. The minimum Gasteiger partial charge on any atom is -0.497 e. The quantitative estimate of drug-likeness (QED) is 0.493. The van der Waals surface area contributed by atoms with Gasteiger partial charge < -0.3 is 24.8 Å². The number of carbonyl (C=O) groups is 1. The van der Waals surface area contributed by atoms with Crippen LogP contribution in [0.25, 0.3) is 5.52 Å². The molecule has 1 spiro atoms. The Kier molecular flexibility index (Phi) is 5.41. The summed E-state index contributed by atoms with van der Waals surface area (Å²) in [7, 11) is 3.27. The Morgan fingerprint density at radius 3 is 2.83 bits per heavy atom. The fourth-order valence-electron chi connectivity index (χ4n) is 5.80. The molecule has 0 radical (unpaired) electrons. The molecule has 184 valence electrons. The fourth-order valence-corrected chi connectivity index (χ4v) is 6.36. The van der Waals surface area contributed by atoms with Crippen molar-refractivity contribution in [2.45, 2.75) is 50.3 Å². The van der Waals surface area contributed by atoms with E-state index < -0.39 is 11.5 Å². The number of nitrogens with zero attached hydrogens (tertiary/aromatic N) is 4. The summed E-state index contributed by atoms with van der Waals surface area (Å²) >= 11 is 3.64. The normalized spacial score (nSPS) is 24.6. The molecule has 1 amide bonds. The van der Waals surface area contributed by atoms with E-state index in [9.17, 15) is 9.90 Å². The number of methoxy groups -OCH3 is 2. The number of aliphatic hydroxyl groups excluding tert-OH is 1. The lowest BCUT2D eigenvalue weighted by atomic mass is 9.89. The lowest BCUT2D eigenvalue weighted by Gasteiger charge is -2.35. The van der Waals surface area contributed by atoms with Crippen LogP contribution < -0.4 is 14.8 Å². The van der Waals surface area contributed by atoms with Crippen LogP contribution in [-0.4, -0.2) is 63.2 Å². The standard InChI is InChI=1S/C25H28BrN5O4/c1-34-16-5-3-14(18(11-16)35-2)12-28-22-19-21(26)29-23(30(19)10-9-27-22)15-4-6-17-20(32)25(7-8-25)24(33)31(17)13-15/h3,5,9-11,15,17,20,32H,4,6-8,12-13H2,1-2H3,(H,27,28). The summed E-state index contributed by atoms with van der Waals surface area (Å²) in [4.78, 5) is 24.4. The van der Waals surface area contributed by atoms with E-state index >= 15 is 0 Å². The summed E-state index contributed by atoms with van der Waals surface area (Å²) in [5.41, 5.74) is 1.33. The van der Waals surface area contributed by atoms with Crippen LogP contribution in [0.5, 0.6) is 11.5 Å². The molecule has 10 heteroatoms. The number of hydrogen-bond acceptors (Lipinski definition) is 7. The average Bonchev–Trinajstić information content (AvgIpc) is 3.59. The first kappa shape index (κ1) is 22.6. The second kappa shape index (κ2) is 8.37. The number of carbonyl (C=O) groups excluding carboxylic acids is 1. The van der Waals surface area contributed by atoms with Crippen LogP contribution in [0.3, 0.4) is 0 Å². The minimum atomic E-state index is -0.533. The Balaban J connectivity index is 1.26. The van der Waals surface area contributed by atoms with Crippen LogP contribution in [-0.2, 0) is 11.3 Å². The maximum atomic E-state index is 13.0. The maximum Gasteiger partial charge on any atom is 0.231 e. The number of ether oxygens (including phenoxy) is 2. The zero-order valence-corrected chi connectivity index (χ0v) is 21.3. The van der Waals surface area contributed by atoms with Gasteiger partial charge in [-0.2, -0.15) is 0 Å². The molecule has 2 aliphatic heterocycles. The highest BCUT2D eigenvalue weighted by atomic mass is 79.9. The van der Waals surface area contributed by atoms with Crippen molar-refractivity contribution in [3.8, 4) is 11.5 Å². The van der Waals surface area contributed by atoms with E-state index in [1.54, 1.807) is 20.4 Å². The van der Waals surface area contributed by atoms with Crippen molar-refractivity contribution in [3.05, 3.63) is 46.6 Å². The Hall–Kier alpha value is -2.85. The average molecular weight is 542 g/mol. The Bertz CT molecular complexity index is 1310. The molecule has 3 aromatic rings. The van der Waals surface area contributed by atoms with Gasteiger partial charge in [-0.25, -0.2) is 9.97 Å². The largest absolute Gasteiger partial charge is 0.497 e. The molecule has 4 heterocycles. The zero-order valence-electron chi connectivity index (χ0n) is 19.7. The number of hydrogen-bond donors (Lipinski definition) is 2. The minimum absolute atomic E-state index is 0.0608. The van der Waals surface area contributed by atoms with E-state index in [1.807, 2.05) is 29.3 Å². The number of benzene rings is 1. The number of anilines is 1. The number of amides is 1. The van der Waals surface area contributed by atoms with Crippen molar-refractivity contribution in [2.75, 3.05) is 26.1 Å². The van der Waals surface area contributed by atoms with E-state index in [2.05, 4.69) is 30.6 Å². The molecule has 3 aliphatic rings. The molecule has 3 unspecified atom stereocenters. The van der Waals surface area contributed by atoms with Crippen LogP contribution in [0, 0.1) is 5.41 Å². The van der Waals surface area contributed by atoms with Gasteiger partial charge in [0.15, 0.2) is 5.82 Å². The van der Waals surface area contributed by atoms with E-state index in [0.717, 1.165) is 54.1 Å². The summed E-state index contributed by atoms with van der Waals surface area (Å²) in [5.74, 6) is 3.29. The van der Waals surface area contributed by atoms with E-state index in [-0.39, 0.29) is 17.9 Å². The SMILES string of the molecule is COc1ccc(CNc2nccn3c(C4CCC5C(O)C6(CC6)C(=O)N5C4)nc(Br)c23)c(OC)c1. The fraction of sp³-hybridized carbons (Fsp3) is 0.480. The van der Waals surface area contributed by atoms with Crippen molar-refractivity contribution in [2.24, 2.45) is 5.41 Å². The third-order valence-corrected chi connectivity index (χ3v) is 8.43. The van der Waals surface area contributed by atoms with Crippen molar-refractivity contribution in [1.29, 1.82) is 0 Å². The summed E-state index contributed by atoms with van der Waals surface area (Å²) in [6, 6.07) is 5.67. The topological polar surface area (TPSA) is 101 Å². The molecule has 3 fully saturated rings. The van der Waals surface area contributed by atoms with Gasteiger partial charge >= 0.3 is 0 Å². The number of halogens is 1. The molecule has 1 saturated carbocycles. The number of nitrogens with one attached hydrogen (secondary N) is 1. The van der Waals surface area contributed by atoms with Gasteiger partial charge in [0.05, 0.1) is 31.8 Å². The molecular weight excluding hydrogens is 514 g/mol. The molecule has 2 saturated heterocycles. The maximum absolute atomic E-state index is 13.0. The van der Waals surface area contributed by atoms with Gasteiger partial charge in [0, 0.05) is 43.0 Å². The molecule has 35 heavy (non-hydrogen) atoms. The van der Waals surface area contributed by atoms with Gasteiger partial charge in [-0.3, -0.25) is 9.20 Å². The van der Waals surface area contributed by atoms with E-state index in [4.69, 9.17) is 14.5 Å². The lowest BCUT2D eigenvalue weighted by Crippen LogP contribution is -2.44. The first-order valence-electron chi connectivity index (χ1n) is 11.9. The molecule has 9 nitrogen and oxygen atoms in total. The molecule has 1 aromatic carbocycles. The third kappa shape index (κ3) is 3.48. The van der Waals surface area contributed by atoms with Gasteiger partial charge in [0.25, 0.3) is 0 Å². The summed E-state index contributed by atoms with van der Waals surface area (Å²) in [6.45, 7) is 1.10. The van der Waals surface area contributed by atoms with Crippen LogP contribution in [0.2, 0.25) is 0 Å². The van der Waals surface area contributed by atoms with Crippen molar-refractivity contribution in [3.63, 3.8) is 0 Å². The van der Waals surface area contributed by atoms with Gasteiger partial charge in [-0.05, 0) is 53.7 Å². The second-order valence-electron chi connectivity index (χ2n) is 9.69. The summed E-state index contributed by atoms with van der Waals surface area (Å²) < 4.78 is 13.6. The molecule has 1 aliphatic carbocycles. The summed E-state index contributed by atoms with van der Waals surface area (Å²) in [6.07, 6.45) is 6.42. The monoisotopic (exact) mass is 541 g/mol. The number of piperidine rings is 1. The highest BCUT2D eigenvalue weighted by Gasteiger charge is 2.66. The van der Waals surface area contributed by atoms with Crippen molar-refractivity contribution >= 4 is 33.2 Å². The first-order chi connectivity index (χ1) is 17.0. The highest BCUT2D eigenvalue weighted by molar-refractivity contribution is 9.10. The van der Waals surface area contributed by atoms with Crippen molar-refractivity contribution in [1.82, 2.24) is 19.3 Å². The third-order valence-electron chi connectivity index (χ3n) is 7.88. The Morgan fingerprint density at radius 1 is 1.26 bits per heavy atom. The number of imidazole rings is 1. The molecule has 3 atom stereocenters. The number of rotatable bonds is 6. The van der Waals surface area contributed by atoms with Crippen LogP contribution in [0.4, 0.5) is 5.82 Å². The Morgan fingerprint density at radius 2 is 2.09 bits per heavy atom. The van der Waals surface area contributed by atoms with Gasteiger partial charge in [0.1, 0.15) is 27.4 Å². The number of aromatic nitrogens is 3. The van der Waals surface area contributed by atoms with Crippen molar-refractivity contribution < 1.29 is 19.4 Å². The number of aliphatic hydroxyl groups is 1. The predicted octanol–water partition coefficient (Wildman–Crippen LogP) is 3.35. The van der Waals surface area contributed by atoms with Gasteiger partial charge in [0.2, 0.25) is 5.91 Å². The summed E-state index contributed by atoms with van der Waals surface area (Å²) in [5, 5.41) is 14.2. The van der Waals surface area contributed by atoms with E-state index in [0.29, 0.717) is 23.5 Å². The highest BCUT2D eigenvalue weighted by Crippen LogP contribution is 2.57. The van der Waals surface area contributed by atoms with E-state index in [1.165, 1.54) is 0 Å². The zero-order chi connectivity index (χ0) is 24.3. The Labute approximate surface area is 211 Å². The molecule has 2 aromatic heterocycles. The lowest BCUT2D eigenvalue weighted by molar-refractivity contribution is -0.134. The smallest absolute Gasteiger partial charge is 0.231 e. The van der Waals surface area contributed by atoms with Crippen LogP contribution in [0.1, 0.15) is 43.0 Å². The second-order valence-corrected chi connectivity index (χ2v) is 10.4. The van der Waals surface area contributed by atoms with Crippen LogP contribution in [0.15, 0.2) is 35.2 Å².